The number of carbonyl (C=O) groups excluding carboxylic acids is 1. The summed E-state index contributed by atoms with van der Waals surface area (Å²) >= 11 is 6.05. The number of nitro benzene ring substituents is 1. The van der Waals surface area contributed by atoms with Crippen molar-refractivity contribution >= 4 is 29.1 Å². The maximum Gasteiger partial charge on any atom is 0.410 e. The van der Waals surface area contributed by atoms with E-state index in [9.17, 15) is 29.5 Å². The van der Waals surface area contributed by atoms with Crippen LogP contribution in [-0.2, 0) is 20.9 Å². The number of fused-ring (bicyclic) bond motifs is 2. The van der Waals surface area contributed by atoms with Crippen LogP contribution in [0.4, 0.5) is 14.9 Å². The molecule has 2 N–H and O–H groups in total. The lowest BCUT2D eigenvalue weighted by atomic mass is 9.55. The minimum atomic E-state index is -1.59. The maximum atomic E-state index is 14.5. The Morgan fingerprint density at radius 3 is 2.47 bits per heavy atom. The summed E-state index contributed by atoms with van der Waals surface area (Å²) in [5, 5.41) is 36.3. The normalized spacial score (nSPS) is 23.3. The van der Waals surface area contributed by atoms with Crippen molar-refractivity contribution in [2.45, 2.75) is 95.6 Å². The number of unbranched alkanes of at least 4 members (excludes halogenated alkanes) is 2. The lowest BCUT2D eigenvalue weighted by molar-refractivity contribution is -0.384. The van der Waals surface area contributed by atoms with Gasteiger partial charge in [0.15, 0.2) is 0 Å². The second-order valence-corrected chi connectivity index (χ2v) is 17.3. The fourth-order valence-electron chi connectivity index (χ4n) is 9.00. The largest absolute Gasteiger partial charge is 0.459 e. The van der Waals surface area contributed by atoms with E-state index in [2.05, 4.69) is 12.7 Å². The Kier molecular flexibility index (Phi) is 15.7. The van der Waals surface area contributed by atoms with Gasteiger partial charge in [-0.3, -0.25) is 15.0 Å². The van der Waals surface area contributed by atoms with E-state index in [-0.39, 0.29) is 74.5 Å². The molecule has 0 aromatic heterocycles. The number of aliphatic hydroxyl groups excluding tert-OH is 2. The van der Waals surface area contributed by atoms with Gasteiger partial charge in [0.05, 0.1) is 35.1 Å². The molecule has 15 heteroatoms. The van der Waals surface area contributed by atoms with Crippen molar-refractivity contribution in [3.05, 3.63) is 118 Å². The van der Waals surface area contributed by atoms with Gasteiger partial charge in [0.25, 0.3) is 5.69 Å². The minimum absolute atomic E-state index is 0.00890. The third kappa shape index (κ3) is 10.8. The number of rotatable bonds is 20. The maximum absolute atomic E-state index is 14.5. The molecule has 1 saturated carbocycles. The number of hydrogen-bond acceptors (Lipinski definition) is 11. The first-order chi connectivity index (χ1) is 29.8. The van der Waals surface area contributed by atoms with Crippen molar-refractivity contribution in [2.24, 2.45) is 22.9 Å². The molecule has 1 heterocycles. The number of carbonyl (C=O) groups is 1. The minimum Gasteiger partial charge on any atom is -0.459 e. The van der Waals surface area contributed by atoms with Crippen LogP contribution in [0.3, 0.4) is 0 Å². The highest BCUT2D eigenvalue weighted by molar-refractivity contribution is 6.18. The molecule has 0 saturated heterocycles. The predicted octanol–water partition coefficient (Wildman–Crippen LogP) is 9.84. The van der Waals surface area contributed by atoms with Gasteiger partial charge in [-0.05, 0) is 106 Å². The molecule has 334 valence electrons. The molecule has 1 aliphatic heterocycles. The first-order valence-electron chi connectivity index (χ1n) is 21.2. The standard InChI is InChI=1S/C47H57ClFN3O10/c1-5-24-59-47-42(51(45(55)58-25-21-48)30-31-15-17-33(49)18-16-31)29-40(50-62-46(2,3)4)38-26-32(11-6-8-22-53)37(14-7-9-23-54)43(44(38)47)39-28-36(19-20-41(39)61-47)60-35-13-10-12-34(27-35)52(56)57/h5,10,12-13,15-20,26-28,32,37,42-44,53-54H,1,6-9,11,14,21-25,29-30H2,2-4H3/t32-,37+,42-,43+,44+,47+/m0/s1. The summed E-state index contributed by atoms with van der Waals surface area (Å²) in [5.41, 5.74) is 2.05. The quantitative estimate of drug-likeness (QED) is 0.0367. The summed E-state index contributed by atoms with van der Waals surface area (Å²) in [7, 11) is 0. The van der Waals surface area contributed by atoms with E-state index < -0.39 is 40.2 Å². The van der Waals surface area contributed by atoms with Crippen LogP contribution in [-0.4, -0.2) is 81.6 Å². The highest BCUT2D eigenvalue weighted by Gasteiger charge is 2.65. The molecule has 6 atom stereocenters. The molecule has 2 aliphatic carbocycles. The van der Waals surface area contributed by atoms with E-state index in [4.69, 9.17) is 40.5 Å². The van der Waals surface area contributed by atoms with Crippen molar-refractivity contribution in [1.82, 2.24) is 4.90 Å². The molecule has 3 aromatic carbocycles. The summed E-state index contributed by atoms with van der Waals surface area (Å²) in [6.45, 7) is 9.71. The van der Waals surface area contributed by atoms with Crippen LogP contribution in [0, 0.1) is 33.7 Å². The summed E-state index contributed by atoms with van der Waals surface area (Å²) in [4.78, 5) is 33.3. The first-order valence-corrected chi connectivity index (χ1v) is 21.8. The molecule has 3 aromatic rings. The number of ether oxygens (including phenoxy) is 4. The number of benzene rings is 3. The second kappa shape index (κ2) is 20.9. The zero-order valence-electron chi connectivity index (χ0n) is 35.5. The Hall–Kier alpha value is -5.02. The van der Waals surface area contributed by atoms with Crippen LogP contribution in [0.5, 0.6) is 17.2 Å². The number of alkyl halides is 1. The van der Waals surface area contributed by atoms with E-state index in [1.54, 1.807) is 47.4 Å². The van der Waals surface area contributed by atoms with Gasteiger partial charge < -0.3 is 34.0 Å². The fourth-order valence-corrected chi connectivity index (χ4v) is 9.07. The predicted molar refractivity (Wildman–Crippen MR) is 233 cm³/mol. The molecule has 1 fully saturated rings. The van der Waals surface area contributed by atoms with Gasteiger partial charge in [-0.2, -0.15) is 0 Å². The van der Waals surface area contributed by atoms with E-state index in [0.29, 0.717) is 48.5 Å². The number of nitro groups is 1. The molecule has 62 heavy (non-hydrogen) atoms. The zero-order valence-corrected chi connectivity index (χ0v) is 36.3. The van der Waals surface area contributed by atoms with E-state index in [0.717, 1.165) is 24.0 Å². The third-order valence-corrected chi connectivity index (χ3v) is 11.7. The van der Waals surface area contributed by atoms with Gasteiger partial charge in [0, 0.05) is 43.7 Å². The SMILES string of the molecule is C=CCO[C@@]12Oc3ccc(Oc4cccc([N+](=O)[O-])c4)cc3[C@H]3[C@H](CCCCO)[C@@H](CCCCO)C=C(C(=NOC(C)(C)C)C[C@@H]1N(Cc1ccc(F)cc1)C(=O)OCCCl)[C@H]32. The average molecular weight is 878 g/mol. The number of nitrogens with zero attached hydrogens (tertiary/aromatic N) is 3. The van der Waals surface area contributed by atoms with E-state index in [1.165, 1.54) is 24.3 Å². The van der Waals surface area contributed by atoms with Crippen LogP contribution in [0.1, 0.15) is 82.8 Å². The molecule has 13 nitrogen and oxygen atoms in total. The lowest BCUT2D eigenvalue weighted by Gasteiger charge is -2.60. The van der Waals surface area contributed by atoms with Gasteiger partial charge in [0.2, 0.25) is 5.79 Å². The number of allylic oxidation sites excluding steroid dienone is 1. The van der Waals surface area contributed by atoms with Crippen molar-refractivity contribution in [3.8, 4) is 17.2 Å². The molecular weight excluding hydrogens is 821 g/mol. The molecule has 3 aliphatic rings. The molecule has 0 unspecified atom stereocenters. The Bertz CT molecular complexity index is 2090. The Labute approximate surface area is 367 Å². The Balaban J connectivity index is 1.62. The van der Waals surface area contributed by atoms with Crippen LogP contribution in [0.25, 0.3) is 0 Å². The summed E-state index contributed by atoms with van der Waals surface area (Å²) in [6, 6.07) is 16.4. The van der Waals surface area contributed by atoms with Crippen molar-refractivity contribution < 1.29 is 48.1 Å². The number of non-ortho nitro benzene ring substituents is 1. The number of amides is 1. The average Bonchev–Trinajstić information content (AvgIpc) is 3.25. The van der Waals surface area contributed by atoms with Gasteiger partial charge in [-0.25, -0.2) is 9.18 Å². The van der Waals surface area contributed by atoms with Gasteiger partial charge in [-0.15, -0.1) is 18.2 Å². The topological polar surface area (TPSA) is 162 Å². The fraction of sp³-hybridized carbons (Fsp3) is 0.489. The van der Waals surface area contributed by atoms with Crippen LogP contribution in [0.2, 0.25) is 0 Å². The molecular formula is C47H57ClFN3O10. The smallest absolute Gasteiger partial charge is 0.410 e. The van der Waals surface area contributed by atoms with E-state index in [1.807, 2.05) is 26.8 Å². The molecule has 6 rings (SSSR count). The Morgan fingerprint density at radius 1 is 1.06 bits per heavy atom. The van der Waals surface area contributed by atoms with Gasteiger partial charge >= 0.3 is 6.09 Å². The number of halogens is 2. The zero-order chi connectivity index (χ0) is 44.4. The van der Waals surface area contributed by atoms with Crippen LogP contribution >= 0.6 is 11.6 Å². The Morgan fingerprint density at radius 2 is 1.79 bits per heavy atom. The summed E-state index contributed by atoms with van der Waals surface area (Å²) in [5.74, 6) is -1.88. The third-order valence-electron chi connectivity index (χ3n) is 11.5. The lowest BCUT2D eigenvalue weighted by Crippen LogP contribution is -2.70. The number of hydrogen-bond donors (Lipinski definition) is 2. The molecule has 0 radical (unpaired) electrons. The molecule has 0 spiro atoms. The summed E-state index contributed by atoms with van der Waals surface area (Å²) < 4.78 is 40.6. The molecule has 1 amide bonds. The van der Waals surface area contributed by atoms with Gasteiger partial charge in [-0.1, -0.05) is 48.3 Å². The van der Waals surface area contributed by atoms with Crippen LogP contribution in [0.15, 0.2) is 96.2 Å². The second-order valence-electron chi connectivity index (χ2n) is 16.9. The van der Waals surface area contributed by atoms with Gasteiger partial charge in [0.1, 0.15) is 41.3 Å². The van der Waals surface area contributed by atoms with Crippen molar-refractivity contribution in [2.75, 3.05) is 32.3 Å². The monoisotopic (exact) mass is 877 g/mol. The van der Waals surface area contributed by atoms with E-state index >= 15 is 0 Å². The van der Waals surface area contributed by atoms with Crippen LogP contribution < -0.4 is 9.47 Å². The highest BCUT2D eigenvalue weighted by atomic mass is 35.5. The van der Waals surface area contributed by atoms with Crippen molar-refractivity contribution in [1.29, 1.82) is 0 Å². The highest BCUT2D eigenvalue weighted by Crippen LogP contribution is 2.62. The molecule has 0 bridgehead atoms. The number of oxime groups is 1. The number of aliphatic hydroxyl groups is 2. The van der Waals surface area contributed by atoms with Crippen molar-refractivity contribution in [3.63, 3.8) is 0 Å². The first kappa shape index (κ1) is 46.5. The summed E-state index contributed by atoms with van der Waals surface area (Å²) in [6.07, 6.45) is 7.40.